The molecule has 2 aliphatic rings. The summed E-state index contributed by atoms with van der Waals surface area (Å²) in [5.74, 6) is 1.56. The summed E-state index contributed by atoms with van der Waals surface area (Å²) in [6.45, 7) is 3.91. The number of likely N-dealkylation sites (tertiary alicyclic amines) is 2. The first-order valence-electron chi connectivity index (χ1n) is 5.99. The highest BCUT2D eigenvalue weighted by Gasteiger charge is 2.40. The fourth-order valence-electron chi connectivity index (χ4n) is 2.94. The summed E-state index contributed by atoms with van der Waals surface area (Å²) in [6, 6.07) is 1.73. The summed E-state index contributed by atoms with van der Waals surface area (Å²) in [7, 11) is 2.14. The summed E-state index contributed by atoms with van der Waals surface area (Å²) >= 11 is 0. The number of hydrogen-bond donors (Lipinski definition) is 0. The van der Waals surface area contributed by atoms with E-state index in [2.05, 4.69) is 21.9 Å². The Balaban J connectivity index is 1.70. The Hall–Kier alpha value is -1.49. The Kier molecular flexibility index (Phi) is 2.55. The molecule has 5 nitrogen and oxygen atoms in total. The van der Waals surface area contributed by atoms with Crippen molar-refractivity contribution in [3.8, 4) is 0 Å². The molecule has 0 bridgehead atoms. The van der Waals surface area contributed by atoms with E-state index in [0.29, 0.717) is 17.7 Å². The van der Waals surface area contributed by atoms with Gasteiger partial charge in [-0.15, -0.1) is 0 Å². The van der Waals surface area contributed by atoms with Crippen molar-refractivity contribution >= 4 is 5.91 Å². The molecular weight excluding hydrogens is 216 g/mol. The van der Waals surface area contributed by atoms with Crippen LogP contribution >= 0.6 is 0 Å². The largest absolute Gasteiger partial charge is 0.335 e. The van der Waals surface area contributed by atoms with E-state index >= 15 is 0 Å². The van der Waals surface area contributed by atoms with Gasteiger partial charge in [0.1, 0.15) is 0 Å². The lowest BCUT2D eigenvalue weighted by atomic mass is 10.0. The molecule has 1 amide bonds. The predicted molar refractivity (Wildman–Crippen MR) is 62.4 cm³/mol. The van der Waals surface area contributed by atoms with E-state index in [-0.39, 0.29) is 5.91 Å². The average Bonchev–Trinajstić information content (AvgIpc) is 2.86. The second-order valence-electron chi connectivity index (χ2n) is 5.02. The zero-order valence-corrected chi connectivity index (χ0v) is 9.91. The molecule has 0 spiro atoms. The Morgan fingerprint density at radius 3 is 2.35 bits per heavy atom. The van der Waals surface area contributed by atoms with E-state index in [9.17, 15) is 4.79 Å². The molecule has 3 rings (SSSR count). The Bertz CT molecular complexity index is 408. The van der Waals surface area contributed by atoms with E-state index in [0.717, 1.165) is 26.2 Å². The van der Waals surface area contributed by atoms with Gasteiger partial charge in [0.15, 0.2) is 0 Å². The lowest BCUT2D eigenvalue weighted by molar-refractivity contribution is 0.0763. The highest BCUT2D eigenvalue weighted by Crippen LogP contribution is 2.30. The quantitative estimate of drug-likeness (QED) is 0.689. The van der Waals surface area contributed by atoms with Gasteiger partial charge in [-0.2, -0.15) is 0 Å². The van der Waals surface area contributed by atoms with Crippen LogP contribution < -0.4 is 0 Å². The molecule has 1 aromatic rings. The SMILES string of the molecule is CN1CC2CN(C(=O)c3ncccn3)CC2C1. The van der Waals surface area contributed by atoms with Crippen molar-refractivity contribution in [3.63, 3.8) is 0 Å². The van der Waals surface area contributed by atoms with E-state index < -0.39 is 0 Å². The van der Waals surface area contributed by atoms with Crippen LogP contribution in [0.25, 0.3) is 0 Å². The molecule has 0 radical (unpaired) electrons. The van der Waals surface area contributed by atoms with Crippen LogP contribution in [0.3, 0.4) is 0 Å². The normalized spacial score (nSPS) is 28.4. The molecule has 0 N–H and O–H groups in total. The van der Waals surface area contributed by atoms with Crippen molar-refractivity contribution < 1.29 is 4.79 Å². The Morgan fingerprint density at radius 1 is 1.18 bits per heavy atom. The van der Waals surface area contributed by atoms with Gasteiger partial charge in [0.2, 0.25) is 5.82 Å². The first-order valence-corrected chi connectivity index (χ1v) is 5.99. The van der Waals surface area contributed by atoms with Crippen molar-refractivity contribution in [1.82, 2.24) is 19.8 Å². The predicted octanol–water partition coefficient (Wildman–Crippen LogP) is 0.110. The minimum absolute atomic E-state index is 0.0253. The molecule has 1 aromatic heterocycles. The number of rotatable bonds is 1. The summed E-state index contributed by atoms with van der Waals surface area (Å²) in [5, 5.41) is 0. The van der Waals surface area contributed by atoms with E-state index in [1.807, 2.05) is 4.90 Å². The zero-order valence-electron chi connectivity index (χ0n) is 9.91. The molecule has 0 saturated carbocycles. The summed E-state index contributed by atoms with van der Waals surface area (Å²) in [4.78, 5) is 24.4. The highest BCUT2D eigenvalue weighted by atomic mass is 16.2. The minimum Gasteiger partial charge on any atom is -0.335 e. The summed E-state index contributed by atoms with van der Waals surface area (Å²) in [6.07, 6.45) is 3.23. The van der Waals surface area contributed by atoms with Gasteiger partial charge in [-0.3, -0.25) is 4.79 Å². The lowest BCUT2D eigenvalue weighted by Gasteiger charge is -2.18. The topological polar surface area (TPSA) is 49.3 Å². The van der Waals surface area contributed by atoms with E-state index in [1.54, 1.807) is 18.5 Å². The van der Waals surface area contributed by atoms with Gasteiger partial charge < -0.3 is 9.80 Å². The van der Waals surface area contributed by atoms with Gasteiger partial charge in [0, 0.05) is 38.6 Å². The van der Waals surface area contributed by atoms with Crippen LogP contribution in [0, 0.1) is 11.8 Å². The number of carbonyl (C=O) groups excluding carboxylic acids is 1. The van der Waals surface area contributed by atoms with Crippen LogP contribution in [0.2, 0.25) is 0 Å². The second kappa shape index (κ2) is 4.07. The number of hydrogen-bond acceptors (Lipinski definition) is 4. The third-order valence-corrected chi connectivity index (χ3v) is 3.71. The maximum absolute atomic E-state index is 12.1. The molecule has 3 heterocycles. The third-order valence-electron chi connectivity index (χ3n) is 3.71. The highest BCUT2D eigenvalue weighted by molar-refractivity contribution is 5.90. The van der Waals surface area contributed by atoms with Crippen LogP contribution in [-0.2, 0) is 0 Å². The van der Waals surface area contributed by atoms with Crippen molar-refractivity contribution in [2.24, 2.45) is 11.8 Å². The molecule has 17 heavy (non-hydrogen) atoms. The monoisotopic (exact) mass is 232 g/mol. The molecule has 5 heteroatoms. The number of nitrogens with zero attached hydrogens (tertiary/aromatic N) is 4. The first-order chi connectivity index (χ1) is 8.24. The van der Waals surface area contributed by atoms with E-state index in [4.69, 9.17) is 0 Å². The van der Waals surface area contributed by atoms with Gasteiger partial charge >= 0.3 is 0 Å². The minimum atomic E-state index is -0.0253. The molecular formula is C12H16N4O. The number of amides is 1. The lowest BCUT2D eigenvalue weighted by Crippen LogP contribution is -2.33. The fourth-order valence-corrected chi connectivity index (χ4v) is 2.94. The second-order valence-corrected chi connectivity index (χ2v) is 5.02. The first kappa shape index (κ1) is 10.7. The molecule has 2 unspecified atom stereocenters. The maximum Gasteiger partial charge on any atom is 0.291 e. The molecule has 2 fully saturated rings. The molecule has 2 aliphatic heterocycles. The van der Waals surface area contributed by atoms with Gasteiger partial charge in [-0.05, 0) is 24.9 Å². The Morgan fingerprint density at radius 2 is 1.76 bits per heavy atom. The summed E-state index contributed by atoms with van der Waals surface area (Å²) in [5.41, 5.74) is 0. The number of carbonyl (C=O) groups is 1. The van der Waals surface area contributed by atoms with Gasteiger partial charge in [0.05, 0.1) is 0 Å². The van der Waals surface area contributed by atoms with Crippen LogP contribution in [0.1, 0.15) is 10.6 Å². The zero-order chi connectivity index (χ0) is 11.8. The number of aromatic nitrogens is 2. The van der Waals surface area contributed by atoms with Crippen LogP contribution in [-0.4, -0.2) is 58.9 Å². The molecule has 2 atom stereocenters. The smallest absolute Gasteiger partial charge is 0.291 e. The van der Waals surface area contributed by atoms with Crippen molar-refractivity contribution in [2.45, 2.75) is 0 Å². The molecule has 2 saturated heterocycles. The fraction of sp³-hybridized carbons (Fsp3) is 0.583. The van der Waals surface area contributed by atoms with E-state index in [1.165, 1.54) is 0 Å². The van der Waals surface area contributed by atoms with Crippen LogP contribution in [0.15, 0.2) is 18.5 Å². The molecule has 0 aliphatic carbocycles. The van der Waals surface area contributed by atoms with Crippen LogP contribution in [0.5, 0.6) is 0 Å². The van der Waals surface area contributed by atoms with Crippen molar-refractivity contribution in [1.29, 1.82) is 0 Å². The Labute approximate surface area is 100 Å². The standard InChI is InChI=1S/C12H16N4O/c1-15-5-9-7-16(8-10(9)6-15)12(17)11-13-3-2-4-14-11/h2-4,9-10H,5-8H2,1H3. The maximum atomic E-state index is 12.1. The van der Waals surface area contributed by atoms with Crippen LogP contribution in [0.4, 0.5) is 0 Å². The van der Waals surface area contributed by atoms with Crippen molar-refractivity contribution in [3.05, 3.63) is 24.3 Å². The number of fused-ring (bicyclic) bond motifs is 1. The third kappa shape index (κ3) is 1.91. The van der Waals surface area contributed by atoms with Gasteiger partial charge in [-0.1, -0.05) is 0 Å². The average molecular weight is 232 g/mol. The molecule has 90 valence electrons. The van der Waals surface area contributed by atoms with Gasteiger partial charge in [-0.25, -0.2) is 9.97 Å². The molecule has 0 aromatic carbocycles. The van der Waals surface area contributed by atoms with Crippen molar-refractivity contribution in [2.75, 3.05) is 33.2 Å². The van der Waals surface area contributed by atoms with Gasteiger partial charge in [0.25, 0.3) is 5.91 Å². The summed E-state index contributed by atoms with van der Waals surface area (Å²) < 4.78 is 0.